The number of hydrogen-bond donors (Lipinski definition) is 2. The van der Waals surface area contributed by atoms with Crippen LogP contribution in [0.3, 0.4) is 0 Å². The third-order valence-electron chi connectivity index (χ3n) is 3.50. The Labute approximate surface area is 154 Å². The molecule has 140 valence electrons. The summed E-state index contributed by atoms with van der Waals surface area (Å²) in [7, 11) is 1.45. The average molecular weight is 384 g/mol. The maximum Gasteiger partial charge on any atom is 0.324 e. The van der Waals surface area contributed by atoms with Gasteiger partial charge in [0.25, 0.3) is 5.91 Å². The highest BCUT2D eigenvalue weighted by molar-refractivity contribution is 6.31. The maximum absolute atomic E-state index is 11.9. The number of carbonyl (C=O) groups is 4. The Bertz CT molecular complexity index is 708. The fraction of sp³-hybridized carbons (Fsp3) is 0.375. The summed E-state index contributed by atoms with van der Waals surface area (Å²) in [5.41, 5.74) is 0.361. The lowest BCUT2D eigenvalue weighted by molar-refractivity contribution is -0.147. The van der Waals surface area contributed by atoms with Crippen molar-refractivity contribution >= 4 is 41.1 Å². The summed E-state index contributed by atoms with van der Waals surface area (Å²) in [5, 5.41) is 5.34. The molecule has 1 aromatic carbocycles. The number of ether oxygens (including phenoxy) is 2. The van der Waals surface area contributed by atoms with E-state index in [4.69, 9.17) is 21.1 Å². The second-order valence-electron chi connectivity index (χ2n) is 5.36. The van der Waals surface area contributed by atoms with Gasteiger partial charge in [-0.2, -0.15) is 0 Å². The number of rotatable bonds is 8. The molecule has 0 radical (unpaired) electrons. The van der Waals surface area contributed by atoms with Gasteiger partial charge >= 0.3 is 12.0 Å². The van der Waals surface area contributed by atoms with Gasteiger partial charge in [0.2, 0.25) is 5.91 Å². The molecule has 1 saturated heterocycles. The summed E-state index contributed by atoms with van der Waals surface area (Å²) in [6.45, 7) is -0.389. The number of benzene rings is 1. The lowest BCUT2D eigenvalue weighted by atomic mass is 10.3. The van der Waals surface area contributed by atoms with Crippen LogP contribution in [-0.4, -0.2) is 55.5 Å². The summed E-state index contributed by atoms with van der Waals surface area (Å²) >= 11 is 5.87. The molecule has 0 aliphatic carbocycles. The molecular formula is C16H18ClN3O6. The number of halogens is 1. The molecule has 4 amide bonds. The molecule has 1 aliphatic rings. The largest absolute Gasteiger partial charge is 0.495 e. The van der Waals surface area contributed by atoms with Crippen LogP contribution in [0.4, 0.5) is 10.5 Å². The quantitative estimate of drug-likeness (QED) is 0.514. The molecule has 2 N–H and O–H groups in total. The molecule has 0 unspecified atom stereocenters. The summed E-state index contributed by atoms with van der Waals surface area (Å²) < 4.78 is 9.97. The van der Waals surface area contributed by atoms with E-state index >= 15 is 0 Å². The maximum atomic E-state index is 11.9. The number of imide groups is 1. The first-order valence-electron chi connectivity index (χ1n) is 7.78. The highest BCUT2D eigenvalue weighted by Gasteiger charge is 2.27. The second-order valence-corrected chi connectivity index (χ2v) is 5.80. The molecule has 1 heterocycles. The van der Waals surface area contributed by atoms with Crippen LogP contribution >= 0.6 is 11.6 Å². The number of hydrogen-bond acceptors (Lipinski definition) is 6. The smallest absolute Gasteiger partial charge is 0.324 e. The Kier molecular flexibility index (Phi) is 6.79. The molecule has 26 heavy (non-hydrogen) atoms. The highest BCUT2D eigenvalue weighted by Crippen LogP contribution is 2.27. The third kappa shape index (κ3) is 5.35. The number of amides is 4. The zero-order chi connectivity index (χ0) is 19.1. The van der Waals surface area contributed by atoms with E-state index in [0.29, 0.717) is 16.5 Å². The molecule has 0 aromatic heterocycles. The topological polar surface area (TPSA) is 114 Å². The van der Waals surface area contributed by atoms with Crippen molar-refractivity contribution in [2.45, 2.75) is 12.8 Å². The van der Waals surface area contributed by atoms with Gasteiger partial charge in [-0.25, -0.2) is 4.79 Å². The average Bonchev–Trinajstić information content (AvgIpc) is 2.92. The minimum atomic E-state index is -0.606. The van der Waals surface area contributed by atoms with Crippen LogP contribution in [0.5, 0.6) is 5.75 Å². The lowest BCUT2D eigenvalue weighted by Gasteiger charge is -2.12. The van der Waals surface area contributed by atoms with Gasteiger partial charge < -0.3 is 20.1 Å². The Balaban J connectivity index is 1.72. The summed E-state index contributed by atoms with van der Waals surface area (Å²) in [4.78, 5) is 47.3. The minimum absolute atomic E-state index is 0.0230. The van der Waals surface area contributed by atoms with Gasteiger partial charge in [0.1, 0.15) is 5.75 Å². The molecule has 0 spiro atoms. The molecule has 2 rings (SSSR count). The Hall–Kier alpha value is -2.81. The SMILES string of the molecule is COc1ccc(Cl)cc1NC(=O)COC(=O)CCCN1C(=O)CNC1=O. The van der Waals surface area contributed by atoms with E-state index in [2.05, 4.69) is 10.6 Å². The monoisotopic (exact) mass is 383 g/mol. The fourth-order valence-corrected chi connectivity index (χ4v) is 2.42. The van der Waals surface area contributed by atoms with Crippen LogP contribution in [-0.2, 0) is 19.1 Å². The molecule has 1 aliphatic heterocycles. The van der Waals surface area contributed by atoms with Crippen molar-refractivity contribution in [3.8, 4) is 5.75 Å². The van der Waals surface area contributed by atoms with Crippen LogP contribution in [0.1, 0.15) is 12.8 Å². The predicted octanol–water partition coefficient (Wildman–Crippen LogP) is 1.16. The Morgan fingerprint density at radius 2 is 2.12 bits per heavy atom. The van der Waals surface area contributed by atoms with E-state index in [1.807, 2.05) is 0 Å². The van der Waals surface area contributed by atoms with Crippen LogP contribution in [0.15, 0.2) is 18.2 Å². The number of nitrogens with zero attached hydrogens (tertiary/aromatic N) is 1. The van der Waals surface area contributed by atoms with Crippen molar-refractivity contribution < 1.29 is 28.7 Å². The molecule has 1 aromatic rings. The molecule has 0 bridgehead atoms. The van der Waals surface area contributed by atoms with E-state index < -0.39 is 24.5 Å². The van der Waals surface area contributed by atoms with Crippen molar-refractivity contribution in [2.24, 2.45) is 0 Å². The van der Waals surface area contributed by atoms with E-state index in [1.165, 1.54) is 13.2 Å². The second kappa shape index (κ2) is 9.04. The van der Waals surface area contributed by atoms with Crippen molar-refractivity contribution in [3.05, 3.63) is 23.2 Å². The summed E-state index contributed by atoms with van der Waals surface area (Å²) in [6.07, 6.45) is 0.229. The molecular weight excluding hydrogens is 366 g/mol. The van der Waals surface area contributed by atoms with E-state index in [9.17, 15) is 19.2 Å². The van der Waals surface area contributed by atoms with Crippen molar-refractivity contribution in [1.29, 1.82) is 0 Å². The lowest BCUT2D eigenvalue weighted by Crippen LogP contribution is -2.32. The van der Waals surface area contributed by atoms with E-state index in [1.54, 1.807) is 12.1 Å². The number of methoxy groups -OCH3 is 1. The molecule has 1 fully saturated rings. The van der Waals surface area contributed by atoms with Crippen molar-refractivity contribution in [1.82, 2.24) is 10.2 Å². The first-order valence-corrected chi connectivity index (χ1v) is 8.15. The van der Waals surface area contributed by atoms with Crippen LogP contribution in [0, 0.1) is 0 Å². The van der Waals surface area contributed by atoms with Crippen molar-refractivity contribution in [2.75, 3.05) is 32.1 Å². The first-order chi connectivity index (χ1) is 12.4. The number of urea groups is 1. The standard InChI is InChI=1S/C16H18ClN3O6/c1-25-12-5-4-10(17)7-11(12)19-13(21)9-26-15(23)3-2-6-20-14(22)8-18-16(20)24/h4-5,7H,2-3,6,8-9H2,1H3,(H,18,24)(H,19,21). The molecule has 10 heteroatoms. The van der Waals surface area contributed by atoms with Gasteiger partial charge in [-0.05, 0) is 24.6 Å². The normalized spacial score (nSPS) is 13.4. The predicted molar refractivity (Wildman–Crippen MR) is 91.9 cm³/mol. The van der Waals surface area contributed by atoms with Gasteiger partial charge in [-0.15, -0.1) is 0 Å². The van der Waals surface area contributed by atoms with Crippen LogP contribution in [0.25, 0.3) is 0 Å². The van der Waals surface area contributed by atoms with Gasteiger partial charge in [0.05, 0.1) is 19.3 Å². The molecule has 9 nitrogen and oxygen atoms in total. The number of nitrogens with one attached hydrogen (secondary N) is 2. The first kappa shape index (κ1) is 19.5. The van der Waals surface area contributed by atoms with Crippen LogP contribution in [0.2, 0.25) is 5.02 Å². The third-order valence-corrected chi connectivity index (χ3v) is 3.73. The van der Waals surface area contributed by atoms with Gasteiger partial charge in [0, 0.05) is 18.0 Å². The van der Waals surface area contributed by atoms with Crippen molar-refractivity contribution in [3.63, 3.8) is 0 Å². The number of esters is 1. The molecule has 0 saturated carbocycles. The van der Waals surface area contributed by atoms with E-state index in [-0.39, 0.29) is 31.8 Å². The Morgan fingerprint density at radius 3 is 2.77 bits per heavy atom. The molecule has 0 atom stereocenters. The Morgan fingerprint density at radius 1 is 1.35 bits per heavy atom. The summed E-state index contributed by atoms with van der Waals surface area (Å²) in [6, 6.07) is 4.25. The highest BCUT2D eigenvalue weighted by atomic mass is 35.5. The zero-order valence-corrected chi connectivity index (χ0v) is 14.8. The van der Waals surface area contributed by atoms with Gasteiger partial charge in [-0.3, -0.25) is 19.3 Å². The van der Waals surface area contributed by atoms with Gasteiger partial charge in [0.15, 0.2) is 6.61 Å². The van der Waals surface area contributed by atoms with Crippen LogP contribution < -0.4 is 15.4 Å². The van der Waals surface area contributed by atoms with E-state index in [0.717, 1.165) is 4.90 Å². The minimum Gasteiger partial charge on any atom is -0.495 e. The number of anilines is 1. The fourth-order valence-electron chi connectivity index (χ4n) is 2.25. The zero-order valence-electron chi connectivity index (χ0n) is 14.0. The van der Waals surface area contributed by atoms with Gasteiger partial charge in [-0.1, -0.05) is 11.6 Å². The summed E-state index contributed by atoms with van der Waals surface area (Å²) in [5.74, 6) is -1.07. The number of carbonyl (C=O) groups excluding carboxylic acids is 4.